The van der Waals surface area contributed by atoms with Gasteiger partial charge in [0, 0.05) is 44.7 Å². The molecule has 1 fully saturated rings. The fourth-order valence-electron chi connectivity index (χ4n) is 1.87. The van der Waals surface area contributed by atoms with Gasteiger partial charge in [-0.1, -0.05) is 6.92 Å². The van der Waals surface area contributed by atoms with Crippen molar-refractivity contribution in [1.29, 1.82) is 0 Å². The number of likely N-dealkylation sites (N-methyl/N-ethyl adjacent to an activating group) is 1. The van der Waals surface area contributed by atoms with Crippen LogP contribution in [0.4, 0.5) is 0 Å². The zero-order valence-electron chi connectivity index (χ0n) is 12.9. The van der Waals surface area contributed by atoms with Crippen molar-refractivity contribution in [2.75, 3.05) is 46.0 Å². The number of amides is 1. The van der Waals surface area contributed by atoms with Crippen molar-refractivity contribution < 1.29 is 4.79 Å². The third kappa shape index (κ3) is 6.51. The topological polar surface area (TPSA) is 47.9 Å². The lowest BCUT2D eigenvalue weighted by atomic mass is 10.3. The van der Waals surface area contributed by atoms with Crippen LogP contribution < -0.4 is 5.32 Å². The molecule has 1 saturated heterocycles. The van der Waals surface area contributed by atoms with Crippen LogP contribution >= 0.6 is 35.7 Å². The molecule has 0 aliphatic carbocycles. The summed E-state index contributed by atoms with van der Waals surface area (Å²) >= 11 is 2.03. The summed E-state index contributed by atoms with van der Waals surface area (Å²) in [5.74, 6) is 2.04. The third-order valence-corrected chi connectivity index (χ3v) is 4.46. The molecule has 1 N–H and O–H groups in total. The van der Waals surface area contributed by atoms with E-state index in [9.17, 15) is 4.79 Å². The first-order valence-electron chi connectivity index (χ1n) is 6.93. The van der Waals surface area contributed by atoms with E-state index in [4.69, 9.17) is 0 Å². The number of nitrogens with zero attached hydrogens (tertiary/aromatic N) is 3. The maximum atomic E-state index is 11.6. The molecule has 20 heavy (non-hydrogen) atoms. The highest BCUT2D eigenvalue weighted by Gasteiger charge is 2.21. The van der Waals surface area contributed by atoms with E-state index in [0.717, 1.165) is 31.3 Å². The highest BCUT2D eigenvalue weighted by atomic mass is 127. The summed E-state index contributed by atoms with van der Waals surface area (Å²) in [5, 5.41) is 3.96. The SMILES string of the molecule is CCNC(=NCC(=O)N(C)C)N1CCSC(CC)C1.I. The Hall–Kier alpha value is -0.180. The summed E-state index contributed by atoms with van der Waals surface area (Å²) in [6, 6.07) is 0. The number of guanidine groups is 1. The Balaban J connectivity index is 0.00000361. The number of hydrogen-bond donors (Lipinski definition) is 1. The first kappa shape index (κ1) is 19.8. The predicted molar refractivity (Wildman–Crippen MR) is 98.2 cm³/mol. The van der Waals surface area contributed by atoms with Crippen LogP contribution in [0, 0.1) is 0 Å². The Bertz CT molecular complexity index is 325. The number of thioether (sulfide) groups is 1. The maximum absolute atomic E-state index is 11.6. The predicted octanol–water partition coefficient (Wildman–Crippen LogP) is 1.49. The van der Waals surface area contributed by atoms with Gasteiger partial charge in [0.1, 0.15) is 6.54 Å². The van der Waals surface area contributed by atoms with Crippen LogP contribution in [0.25, 0.3) is 0 Å². The highest BCUT2D eigenvalue weighted by Crippen LogP contribution is 2.20. The normalized spacial score (nSPS) is 19.3. The van der Waals surface area contributed by atoms with E-state index in [1.165, 1.54) is 6.42 Å². The van der Waals surface area contributed by atoms with Crippen LogP contribution in [-0.4, -0.2) is 72.9 Å². The highest BCUT2D eigenvalue weighted by molar-refractivity contribution is 14.0. The number of rotatable bonds is 4. The Morgan fingerprint density at radius 1 is 1.45 bits per heavy atom. The molecule has 0 aromatic rings. The summed E-state index contributed by atoms with van der Waals surface area (Å²) in [6.45, 7) is 7.34. The Kier molecular flexibility index (Phi) is 10.4. The minimum atomic E-state index is 0. The Labute approximate surface area is 144 Å². The van der Waals surface area contributed by atoms with Crippen LogP contribution in [0.5, 0.6) is 0 Å². The van der Waals surface area contributed by atoms with Crippen LogP contribution in [0.1, 0.15) is 20.3 Å². The van der Waals surface area contributed by atoms with E-state index in [-0.39, 0.29) is 36.4 Å². The molecule has 1 atom stereocenters. The van der Waals surface area contributed by atoms with Gasteiger partial charge in [0.05, 0.1) is 0 Å². The molecule has 0 aromatic heterocycles. The third-order valence-electron chi connectivity index (χ3n) is 3.09. The summed E-state index contributed by atoms with van der Waals surface area (Å²) in [5.41, 5.74) is 0. The molecule has 0 aromatic carbocycles. The fourth-order valence-corrected chi connectivity index (χ4v) is 3.05. The molecular formula is C13H27IN4OS. The number of hydrogen-bond acceptors (Lipinski definition) is 3. The van der Waals surface area contributed by atoms with Gasteiger partial charge in [0.25, 0.3) is 0 Å². The van der Waals surface area contributed by atoms with Crippen LogP contribution in [0.3, 0.4) is 0 Å². The molecule has 7 heteroatoms. The lowest BCUT2D eigenvalue weighted by Gasteiger charge is -2.34. The average molecular weight is 414 g/mol. The first-order chi connectivity index (χ1) is 9.08. The van der Waals surface area contributed by atoms with Crippen molar-refractivity contribution in [3.8, 4) is 0 Å². The average Bonchev–Trinajstić information content (AvgIpc) is 2.42. The van der Waals surface area contributed by atoms with E-state index < -0.39 is 0 Å². The quantitative estimate of drug-likeness (QED) is 0.430. The molecule has 0 spiro atoms. The molecule has 0 bridgehead atoms. The van der Waals surface area contributed by atoms with Gasteiger partial charge in [-0.2, -0.15) is 11.8 Å². The van der Waals surface area contributed by atoms with Crippen molar-refractivity contribution in [2.24, 2.45) is 4.99 Å². The van der Waals surface area contributed by atoms with Gasteiger partial charge in [0.15, 0.2) is 5.96 Å². The molecule has 1 rings (SSSR count). The van der Waals surface area contributed by atoms with Gasteiger partial charge in [-0.15, -0.1) is 24.0 Å². The van der Waals surface area contributed by atoms with E-state index in [2.05, 4.69) is 29.1 Å². The summed E-state index contributed by atoms with van der Waals surface area (Å²) in [6.07, 6.45) is 1.18. The minimum absolute atomic E-state index is 0. The second-order valence-corrected chi connectivity index (χ2v) is 6.21. The zero-order chi connectivity index (χ0) is 14.3. The van der Waals surface area contributed by atoms with Crippen molar-refractivity contribution >= 4 is 47.6 Å². The second-order valence-electron chi connectivity index (χ2n) is 4.81. The van der Waals surface area contributed by atoms with Gasteiger partial charge in [-0.25, -0.2) is 4.99 Å². The van der Waals surface area contributed by atoms with E-state index in [1.54, 1.807) is 19.0 Å². The largest absolute Gasteiger partial charge is 0.357 e. The molecular weight excluding hydrogens is 387 g/mol. The maximum Gasteiger partial charge on any atom is 0.243 e. The molecule has 1 heterocycles. The van der Waals surface area contributed by atoms with Gasteiger partial charge in [-0.05, 0) is 13.3 Å². The number of carbonyl (C=O) groups is 1. The first-order valence-corrected chi connectivity index (χ1v) is 7.98. The molecule has 1 amide bonds. The lowest BCUT2D eigenvalue weighted by Crippen LogP contribution is -2.48. The van der Waals surface area contributed by atoms with Crippen molar-refractivity contribution in [1.82, 2.24) is 15.1 Å². The molecule has 118 valence electrons. The summed E-state index contributed by atoms with van der Waals surface area (Å²) in [4.78, 5) is 19.9. The molecule has 1 aliphatic heterocycles. The van der Waals surface area contributed by atoms with E-state index >= 15 is 0 Å². The number of carbonyl (C=O) groups excluding carboxylic acids is 1. The Morgan fingerprint density at radius 2 is 2.15 bits per heavy atom. The van der Waals surface area contributed by atoms with Crippen LogP contribution in [-0.2, 0) is 4.79 Å². The standard InChI is InChI=1S/C13H26N4OS.HI/c1-5-11-10-17(7-8-19-11)13(14-6-2)15-9-12(18)16(3)4;/h11H,5-10H2,1-4H3,(H,14,15);1H. The number of halogens is 1. The van der Waals surface area contributed by atoms with Crippen molar-refractivity contribution in [3.05, 3.63) is 0 Å². The Morgan fingerprint density at radius 3 is 2.70 bits per heavy atom. The van der Waals surface area contributed by atoms with E-state index in [0.29, 0.717) is 5.25 Å². The van der Waals surface area contributed by atoms with E-state index in [1.807, 2.05) is 11.8 Å². The fraction of sp³-hybridized carbons (Fsp3) is 0.846. The van der Waals surface area contributed by atoms with Crippen LogP contribution in [0.2, 0.25) is 0 Å². The molecule has 0 saturated carbocycles. The second kappa shape index (κ2) is 10.5. The number of aliphatic imine (C=N–C) groups is 1. The molecule has 5 nitrogen and oxygen atoms in total. The molecule has 1 unspecified atom stereocenters. The van der Waals surface area contributed by atoms with Crippen molar-refractivity contribution in [2.45, 2.75) is 25.5 Å². The van der Waals surface area contributed by atoms with Gasteiger partial charge < -0.3 is 15.1 Å². The molecule has 0 radical (unpaired) electrons. The molecule has 1 aliphatic rings. The minimum Gasteiger partial charge on any atom is -0.357 e. The summed E-state index contributed by atoms with van der Waals surface area (Å²) < 4.78 is 0. The van der Waals surface area contributed by atoms with Gasteiger partial charge in [-0.3, -0.25) is 4.79 Å². The zero-order valence-corrected chi connectivity index (χ0v) is 16.0. The van der Waals surface area contributed by atoms with Gasteiger partial charge in [0.2, 0.25) is 5.91 Å². The monoisotopic (exact) mass is 414 g/mol. The smallest absolute Gasteiger partial charge is 0.243 e. The van der Waals surface area contributed by atoms with Crippen molar-refractivity contribution in [3.63, 3.8) is 0 Å². The van der Waals surface area contributed by atoms with Crippen LogP contribution in [0.15, 0.2) is 4.99 Å². The number of nitrogens with one attached hydrogen (secondary N) is 1. The summed E-state index contributed by atoms with van der Waals surface area (Å²) in [7, 11) is 3.52. The van der Waals surface area contributed by atoms with Gasteiger partial charge >= 0.3 is 0 Å². The lowest BCUT2D eigenvalue weighted by molar-refractivity contribution is -0.127.